The number of rotatable bonds is 4. The molecule has 1 saturated heterocycles. The lowest BCUT2D eigenvalue weighted by Crippen LogP contribution is -2.26. The first kappa shape index (κ1) is 11.9. The third-order valence-corrected chi connectivity index (χ3v) is 3.01. The van der Waals surface area contributed by atoms with Gasteiger partial charge in [0.15, 0.2) is 0 Å². The summed E-state index contributed by atoms with van der Waals surface area (Å²) in [6, 6.07) is 6.56. The molecule has 4 heteroatoms. The summed E-state index contributed by atoms with van der Waals surface area (Å²) >= 11 is 0. The minimum absolute atomic E-state index is 0.0224. The average molecular weight is 235 g/mol. The van der Waals surface area contributed by atoms with Gasteiger partial charge in [0.05, 0.1) is 5.56 Å². The van der Waals surface area contributed by atoms with E-state index >= 15 is 0 Å². The monoisotopic (exact) mass is 235 g/mol. The van der Waals surface area contributed by atoms with Gasteiger partial charge in [-0.3, -0.25) is 4.79 Å². The summed E-state index contributed by atoms with van der Waals surface area (Å²) in [4.78, 5) is 11.7. The molecule has 2 N–H and O–H groups in total. The summed E-state index contributed by atoms with van der Waals surface area (Å²) in [5, 5.41) is 12.3. The van der Waals surface area contributed by atoms with Crippen molar-refractivity contribution in [1.29, 1.82) is 0 Å². The van der Waals surface area contributed by atoms with Crippen LogP contribution in [-0.2, 0) is 4.74 Å². The standard InChI is InChI=1S/C13H17NO3/c15-12-4-2-1-3-11(12)13(16)14-7-5-10-6-8-17-9-10/h1-4,10,15H,5-9H2,(H,14,16). The highest BCUT2D eigenvalue weighted by Gasteiger charge is 2.16. The maximum atomic E-state index is 11.7. The Balaban J connectivity index is 1.79. The molecular formula is C13H17NO3. The van der Waals surface area contributed by atoms with E-state index in [2.05, 4.69) is 5.32 Å². The Hall–Kier alpha value is -1.55. The number of phenols is 1. The molecule has 1 aromatic carbocycles. The number of carbonyl (C=O) groups is 1. The normalized spacial score (nSPS) is 19.2. The average Bonchev–Trinajstić information content (AvgIpc) is 2.82. The second-order valence-electron chi connectivity index (χ2n) is 4.29. The molecule has 0 saturated carbocycles. The summed E-state index contributed by atoms with van der Waals surface area (Å²) in [6.45, 7) is 2.26. The lowest BCUT2D eigenvalue weighted by Gasteiger charge is -2.09. The number of carbonyl (C=O) groups excluding carboxylic acids is 1. The van der Waals surface area contributed by atoms with Crippen molar-refractivity contribution >= 4 is 5.91 Å². The van der Waals surface area contributed by atoms with E-state index in [1.165, 1.54) is 6.07 Å². The maximum Gasteiger partial charge on any atom is 0.255 e. The summed E-state index contributed by atoms with van der Waals surface area (Å²) in [5.41, 5.74) is 0.329. The Kier molecular flexibility index (Phi) is 3.98. The zero-order chi connectivity index (χ0) is 12.1. The van der Waals surface area contributed by atoms with Gasteiger partial charge in [-0.1, -0.05) is 12.1 Å². The van der Waals surface area contributed by atoms with E-state index in [0.29, 0.717) is 18.0 Å². The van der Waals surface area contributed by atoms with Crippen molar-refractivity contribution in [1.82, 2.24) is 5.32 Å². The van der Waals surface area contributed by atoms with Crippen molar-refractivity contribution in [2.24, 2.45) is 5.92 Å². The van der Waals surface area contributed by atoms with E-state index in [-0.39, 0.29) is 11.7 Å². The molecule has 1 aromatic rings. The van der Waals surface area contributed by atoms with Gasteiger partial charge in [0, 0.05) is 19.8 Å². The Morgan fingerprint density at radius 2 is 2.29 bits per heavy atom. The third-order valence-electron chi connectivity index (χ3n) is 3.01. The van der Waals surface area contributed by atoms with Crippen molar-refractivity contribution in [2.45, 2.75) is 12.8 Å². The molecule has 1 aliphatic rings. The number of benzene rings is 1. The van der Waals surface area contributed by atoms with Crippen LogP contribution in [0.4, 0.5) is 0 Å². The Morgan fingerprint density at radius 1 is 1.47 bits per heavy atom. The van der Waals surface area contributed by atoms with Crippen LogP contribution < -0.4 is 5.32 Å². The number of aromatic hydroxyl groups is 1. The number of ether oxygens (including phenoxy) is 1. The fraction of sp³-hybridized carbons (Fsp3) is 0.462. The minimum Gasteiger partial charge on any atom is -0.507 e. The Morgan fingerprint density at radius 3 is 3.00 bits per heavy atom. The summed E-state index contributed by atoms with van der Waals surface area (Å²) in [6.07, 6.45) is 2.01. The molecule has 92 valence electrons. The zero-order valence-electron chi connectivity index (χ0n) is 9.69. The molecule has 0 aromatic heterocycles. The van der Waals surface area contributed by atoms with Crippen molar-refractivity contribution in [3.63, 3.8) is 0 Å². The Bertz CT molecular complexity index is 386. The van der Waals surface area contributed by atoms with Gasteiger partial charge in [-0.05, 0) is 30.9 Å². The number of hydrogen-bond donors (Lipinski definition) is 2. The number of phenolic OH excluding ortho intramolecular Hbond substituents is 1. The van der Waals surface area contributed by atoms with Crippen molar-refractivity contribution in [3.05, 3.63) is 29.8 Å². The molecule has 1 fully saturated rings. The molecule has 1 unspecified atom stereocenters. The SMILES string of the molecule is O=C(NCCC1CCOC1)c1ccccc1O. The first-order chi connectivity index (χ1) is 8.27. The quantitative estimate of drug-likeness (QED) is 0.832. The molecule has 4 nitrogen and oxygen atoms in total. The smallest absolute Gasteiger partial charge is 0.255 e. The fourth-order valence-electron chi connectivity index (χ4n) is 1.96. The van der Waals surface area contributed by atoms with E-state index in [1.54, 1.807) is 18.2 Å². The predicted octanol–water partition coefficient (Wildman–Crippen LogP) is 1.55. The molecule has 17 heavy (non-hydrogen) atoms. The molecule has 0 radical (unpaired) electrons. The van der Waals surface area contributed by atoms with Gasteiger partial charge in [0.1, 0.15) is 5.75 Å². The first-order valence-corrected chi connectivity index (χ1v) is 5.91. The van der Waals surface area contributed by atoms with E-state index in [9.17, 15) is 9.90 Å². The molecule has 0 spiro atoms. The van der Waals surface area contributed by atoms with E-state index in [1.807, 2.05) is 0 Å². The number of nitrogens with one attached hydrogen (secondary N) is 1. The van der Waals surface area contributed by atoms with Gasteiger partial charge >= 0.3 is 0 Å². The highest BCUT2D eigenvalue weighted by Crippen LogP contribution is 2.17. The van der Waals surface area contributed by atoms with Gasteiger partial charge in [-0.15, -0.1) is 0 Å². The number of amides is 1. The molecule has 1 heterocycles. The van der Waals surface area contributed by atoms with Crippen LogP contribution in [0.1, 0.15) is 23.2 Å². The second kappa shape index (κ2) is 5.68. The van der Waals surface area contributed by atoms with Crippen LogP contribution in [-0.4, -0.2) is 30.8 Å². The van der Waals surface area contributed by atoms with Gasteiger partial charge in [0.2, 0.25) is 0 Å². The third kappa shape index (κ3) is 3.20. The topological polar surface area (TPSA) is 58.6 Å². The summed E-state index contributed by atoms with van der Waals surface area (Å²) in [7, 11) is 0. The highest BCUT2D eigenvalue weighted by atomic mass is 16.5. The summed E-state index contributed by atoms with van der Waals surface area (Å²) in [5.74, 6) is 0.357. The maximum absolute atomic E-state index is 11.7. The fourth-order valence-corrected chi connectivity index (χ4v) is 1.96. The molecule has 1 amide bonds. The minimum atomic E-state index is -0.220. The van der Waals surface area contributed by atoms with Crippen LogP contribution in [0.3, 0.4) is 0 Å². The molecule has 0 aliphatic carbocycles. The van der Waals surface area contributed by atoms with Gasteiger partial charge in [0.25, 0.3) is 5.91 Å². The van der Waals surface area contributed by atoms with Gasteiger partial charge in [-0.25, -0.2) is 0 Å². The van der Waals surface area contributed by atoms with Crippen LogP contribution in [0, 0.1) is 5.92 Å². The lowest BCUT2D eigenvalue weighted by molar-refractivity contribution is 0.0948. The zero-order valence-corrected chi connectivity index (χ0v) is 9.69. The van der Waals surface area contributed by atoms with E-state index < -0.39 is 0 Å². The highest BCUT2D eigenvalue weighted by molar-refractivity contribution is 5.96. The Labute approximate surface area is 101 Å². The van der Waals surface area contributed by atoms with Crippen molar-refractivity contribution in [2.75, 3.05) is 19.8 Å². The predicted molar refractivity (Wildman–Crippen MR) is 64.0 cm³/mol. The van der Waals surface area contributed by atoms with Gasteiger partial charge in [-0.2, -0.15) is 0 Å². The lowest BCUT2D eigenvalue weighted by atomic mass is 10.1. The largest absolute Gasteiger partial charge is 0.507 e. The molecule has 2 rings (SSSR count). The van der Waals surface area contributed by atoms with Gasteiger partial charge < -0.3 is 15.2 Å². The first-order valence-electron chi connectivity index (χ1n) is 5.91. The molecular weight excluding hydrogens is 218 g/mol. The molecule has 0 bridgehead atoms. The number of hydrogen-bond acceptors (Lipinski definition) is 3. The van der Waals surface area contributed by atoms with Crippen molar-refractivity contribution < 1.29 is 14.6 Å². The van der Waals surface area contributed by atoms with Crippen LogP contribution in [0.2, 0.25) is 0 Å². The van der Waals surface area contributed by atoms with E-state index in [4.69, 9.17) is 4.74 Å². The van der Waals surface area contributed by atoms with Crippen LogP contribution in [0.25, 0.3) is 0 Å². The van der Waals surface area contributed by atoms with Crippen LogP contribution >= 0.6 is 0 Å². The van der Waals surface area contributed by atoms with Crippen LogP contribution in [0.15, 0.2) is 24.3 Å². The van der Waals surface area contributed by atoms with Crippen LogP contribution in [0.5, 0.6) is 5.75 Å². The summed E-state index contributed by atoms with van der Waals surface area (Å²) < 4.78 is 5.27. The molecule has 1 aliphatic heterocycles. The van der Waals surface area contributed by atoms with E-state index in [0.717, 1.165) is 26.1 Å². The second-order valence-corrected chi connectivity index (χ2v) is 4.29. The molecule has 1 atom stereocenters. The van der Waals surface area contributed by atoms with Crippen molar-refractivity contribution in [3.8, 4) is 5.75 Å². The number of para-hydroxylation sites is 1.